The number of alkyl halides is 4. The number of amides is 1. The average Bonchev–Trinajstić information content (AvgIpc) is 3.87. The maximum Gasteiger partial charge on any atom is 0.416 e. The minimum atomic E-state index is -4.72. The molecule has 2 heterocycles. The second-order valence-electron chi connectivity index (χ2n) is 12.3. The fourth-order valence-corrected chi connectivity index (χ4v) is 6.35. The second kappa shape index (κ2) is 12.6. The van der Waals surface area contributed by atoms with Crippen molar-refractivity contribution in [1.29, 1.82) is 0 Å². The van der Waals surface area contributed by atoms with Gasteiger partial charge in [0.2, 0.25) is 0 Å². The summed E-state index contributed by atoms with van der Waals surface area (Å²) in [7, 11) is 0. The Balaban J connectivity index is 1.33. The van der Waals surface area contributed by atoms with Crippen molar-refractivity contribution in [2.45, 2.75) is 76.5 Å². The van der Waals surface area contributed by atoms with Gasteiger partial charge in [0.15, 0.2) is 0 Å². The van der Waals surface area contributed by atoms with Crippen LogP contribution in [0.3, 0.4) is 0 Å². The van der Waals surface area contributed by atoms with E-state index in [0.29, 0.717) is 23.3 Å². The monoisotopic (exact) mass is 653 g/mol. The Labute approximate surface area is 267 Å². The van der Waals surface area contributed by atoms with E-state index in [1.807, 2.05) is 13.0 Å². The summed E-state index contributed by atoms with van der Waals surface area (Å²) in [6, 6.07) is 10.5. The molecule has 1 saturated heterocycles. The van der Waals surface area contributed by atoms with E-state index >= 15 is 4.39 Å². The number of pyridine rings is 1. The first kappa shape index (κ1) is 32.4. The fourth-order valence-electron chi connectivity index (χ4n) is 6.35. The molecule has 3 aliphatic rings. The van der Waals surface area contributed by atoms with E-state index in [4.69, 9.17) is 15.6 Å². The number of allylic oxidation sites excluding steroid dienone is 2. The number of hydrogen-bond acceptors (Lipinski definition) is 6. The van der Waals surface area contributed by atoms with Crippen molar-refractivity contribution in [3.63, 3.8) is 0 Å². The lowest BCUT2D eigenvalue weighted by atomic mass is 9.83. The Kier molecular flexibility index (Phi) is 8.64. The quantitative estimate of drug-likeness (QED) is 0.195. The minimum absolute atomic E-state index is 0.0299. The topological polar surface area (TPSA) is 94.8 Å². The van der Waals surface area contributed by atoms with E-state index in [0.717, 1.165) is 41.8 Å². The van der Waals surface area contributed by atoms with Crippen LogP contribution < -0.4 is 5.90 Å². The van der Waals surface area contributed by atoms with E-state index in [2.05, 4.69) is 4.84 Å². The van der Waals surface area contributed by atoms with Gasteiger partial charge in [-0.2, -0.15) is 19.1 Å². The number of nitrogens with two attached hydrogens (primary N) is 1. The molecule has 2 fully saturated rings. The third-order valence-electron chi connectivity index (χ3n) is 9.06. The zero-order valence-electron chi connectivity index (χ0n) is 25.6. The molecule has 0 bridgehead atoms. The summed E-state index contributed by atoms with van der Waals surface area (Å²) in [4.78, 5) is 35.7. The normalized spacial score (nSPS) is 21.3. The summed E-state index contributed by atoms with van der Waals surface area (Å²) in [5.41, 5.74) is 2.74. The highest BCUT2D eigenvalue weighted by molar-refractivity contribution is 5.92. The predicted octanol–water partition coefficient (Wildman–Crippen LogP) is 8.11. The molecular weight excluding hydrogens is 621 g/mol. The Morgan fingerprint density at radius 3 is 2.51 bits per heavy atom. The van der Waals surface area contributed by atoms with Crippen LogP contribution in [0.25, 0.3) is 11.1 Å². The molecule has 246 valence electrons. The summed E-state index contributed by atoms with van der Waals surface area (Å²) < 4.78 is 75.4. The SMILES string of the molecule is CC1=CC(C(=O)ON)=CCC1c1ccc(F)c(-c2ccc(C3CC3)nc2CN2C(=O)O[C@H](c3cc(CF)cc(C(F)(F)F)c3)[C@@H]2C)c1. The van der Waals surface area contributed by atoms with Gasteiger partial charge in [0, 0.05) is 28.7 Å². The van der Waals surface area contributed by atoms with E-state index in [-0.39, 0.29) is 35.1 Å². The molecule has 47 heavy (non-hydrogen) atoms. The van der Waals surface area contributed by atoms with Gasteiger partial charge in [-0.1, -0.05) is 23.8 Å². The molecule has 1 amide bonds. The van der Waals surface area contributed by atoms with Gasteiger partial charge >= 0.3 is 18.2 Å². The number of carbonyl (C=O) groups is 2. The second-order valence-corrected chi connectivity index (χ2v) is 12.3. The molecule has 1 aliphatic heterocycles. The zero-order valence-corrected chi connectivity index (χ0v) is 25.6. The maximum absolute atomic E-state index is 15.6. The molecule has 0 radical (unpaired) electrons. The molecule has 12 heteroatoms. The summed E-state index contributed by atoms with van der Waals surface area (Å²) in [5, 5.41) is 0. The van der Waals surface area contributed by atoms with Crippen LogP contribution in [0.4, 0.5) is 26.7 Å². The summed E-state index contributed by atoms with van der Waals surface area (Å²) >= 11 is 0. The maximum atomic E-state index is 15.6. The van der Waals surface area contributed by atoms with Crippen LogP contribution in [-0.4, -0.2) is 28.0 Å². The minimum Gasteiger partial charge on any atom is -0.439 e. The number of ether oxygens (including phenoxy) is 1. The molecule has 1 aromatic heterocycles. The molecule has 3 atom stereocenters. The average molecular weight is 654 g/mol. The van der Waals surface area contributed by atoms with Crippen LogP contribution >= 0.6 is 0 Å². The van der Waals surface area contributed by atoms with E-state index < -0.39 is 48.4 Å². The first-order valence-electron chi connectivity index (χ1n) is 15.2. The van der Waals surface area contributed by atoms with Gasteiger partial charge in [0.25, 0.3) is 0 Å². The largest absolute Gasteiger partial charge is 0.439 e. The highest BCUT2D eigenvalue weighted by Gasteiger charge is 2.42. The van der Waals surface area contributed by atoms with E-state index in [1.165, 1.54) is 17.0 Å². The number of hydrogen-bond donors (Lipinski definition) is 1. The molecule has 0 spiro atoms. The van der Waals surface area contributed by atoms with Crippen LogP contribution in [0, 0.1) is 5.82 Å². The van der Waals surface area contributed by atoms with Gasteiger partial charge in [-0.05, 0) is 92.3 Å². The Morgan fingerprint density at radius 2 is 1.85 bits per heavy atom. The molecule has 2 N–H and O–H groups in total. The molecule has 2 aromatic carbocycles. The lowest BCUT2D eigenvalue weighted by Crippen LogP contribution is -2.32. The lowest BCUT2D eigenvalue weighted by Gasteiger charge is -2.24. The summed E-state index contributed by atoms with van der Waals surface area (Å²) in [6.45, 7) is 2.28. The van der Waals surface area contributed by atoms with Crippen molar-refractivity contribution >= 4 is 12.1 Å². The Bertz CT molecular complexity index is 1800. The Hall–Kier alpha value is -4.58. The molecule has 1 unspecified atom stereocenters. The number of aromatic nitrogens is 1. The highest BCUT2D eigenvalue weighted by Crippen LogP contribution is 2.43. The molecule has 3 aromatic rings. The van der Waals surface area contributed by atoms with Crippen molar-refractivity contribution in [3.8, 4) is 11.1 Å². The molecular formula is C35H32F5N3O4. The molecule has 7 nitrogen and oxygen atoms in total. The fraction of sp³-hybridized carbons (Fsp3) is 0.343. The lowest BCUT2D eigenvalue weighted by molar-refractivity contribution is -0.139. The summed E-state index contributed by atoms with van der Waals surface area (Å²) in [5.74, 6) is 3.97. The van der Waals surface area contributed by atoms with E-state index in [1.54, 1.807) is 37.3 Å². The van der Waals surface area contributed by atoms with Crippen LogP contribution in [0.1, 0.15) is 84.7 Å². The Morgan fingerprint density at radius 1 is 1.09 bits per heavy atom. The highest BCUT2D eigenvalue weighted by atomic mass is 19.4. The van der Waals surface area contributed by atoms with Crippen LogP contribution in [0.2, 0.25) is 0 Å². The van der Waals surface area contributed by atoms with Crippen LogP contribution in [0.5, 0.6) is 0 Å². The zero-order chi connectivity index (χ0) is 33.6. The molecule has 1 saturated carbocycles. The number of cyclic esters (lactones) is 1. The van der Waals surface area contributed by atoms with Crippen LogP contribution in [-0.2, 0) is 33.8 Å². The number of halogens is 5. The van der Waals surface area contributed by atoms with Gasteiger partial charge in [0.1, 0.15) is 18.6 Å². The predicted molar refractivity (Wildman–Crippen MR) is 162 cm³/mol. The molecule has 6 rings (SSSR count). The van der Waals surface area contributed by atoms with Crippen molar-refractivity contribution < 1.29 is 41.1 Å². The first-order chi connectivity index (χ1) is 22.4. The van der Waals surface area contributed by atoms with Gasteiger partial charge in [-0.25, -0.2) is 18.4 Å². The molecule has 2 aliphatic carbocycles. The van der Waals surface area contributed by atoms with Crippen molar-refractivity contribution in [2.24, 2.45) is 5.90 Å². The standard InChI is InChI=1S/C35H32F5N3O4/c1-18-11-23(33(44)47-41)5-7-26(18)22-6-9-29(37)28(15-22)27-8-10-30(21-3-4-21)42-31(27)17-43-19(2)32(46-34(43)45)24-12-20(16-36)13-25(14-24)35(38,39)40/h5-6,8-15,19,21,26,32H,3-4,7,16-17,41H2,1-2H3/t19-,26?,32-/m0/s1. The van der Waals surface area contributed by atoms with Gasteiger partial charge in [0.05, 0.1) is 29.4 Å². The summed E-state index contributed by atoms with van der Waals surface area (Å²) in [6.07, 6.45) is -0.830. The number of rotatable bonds is 8. The van der Waals surface area contributed by atoms with Crippen molar-refractivity contribution in [2.75, 3.05) is 0 Å². The van der Waals surface area contributed by atoms with Crippen LogP contribution in [0.15, 0.2) is 71.8 Å². The van der Waals surface area contributed by atoms with Crippen molar-refractivity contribution in [3.05, 3.63) is 111 Å². The number of carbonyl (C=O) groups excluding carboxylic acids is 2. The first-order valence-corrected chi connectivity index (χ1v) is 15.2. The smallest absolute Gasteiger partial charge is 0.416 e. The third kappa shape index (κ3) is 6.51. The number of benzene rings is 2. The van der Waals surface area contributed by atoms with Gasteiger partial charge in [-0.15, -0.1) is 0 Å². The van der Waals surface area contributed by atoms with Gasteiger partial charge < -0.3 is 9.57 Å². The third-order valence-corrected chi connectivity index (χ3v) is 9.06. The number of nitrogens with zero attached hydrogens (tertiary/aromatic N) is 2. The van der Waals surface area contributed by atoms with Crippen molar-refractivity contribution in [1.82, 2.24) is 9.88 Å². The van der Waals surface area contributed by atoms with E-state index in [9.17, 15) is 27.2 Å². The van der Waals surface area contributed by atoms with Gasteiger partial charge in [-0.3, -0.25) is 9.88 Å².